The first-order chi connectivity index (χ1) is 5.20. The van der Waals surface area contributed by atoms with E-state index in [2.05, 4.69) is 0 Å². The molecule has 4 heteroatoms. The van der Waals surface area contributed by atoms with Gasteiger partial charge in [-0.05, 0) is 23.7 Å². The van der Waals surface area contributed by atoms with Crippen LogP contribution in [0.3, 0.4) is 0 Å². The fourth-order valence-corrected chi connectivity index (χ4v) is 0.803. The summed E-state index contributed by atoms with van der Waals surface area (Å²) in [5.41, 5.74) is 5.37. The standard InChI is InChI=1S/C7H8ClNO2/c8-7(10)6(9)4-5-2-1-3-11-5/h1-3,6H,4,9H2. The molecule has 0 radical (unpaired) electrons. The zero-order valence-electron chi connectivity index (χ0n) is 5.79. The molecule has 1 unspecified atom stereocenters. The molecular formula is C7H8ClNO2. The molecule has 0 saturated carbocycles. The Labute approximate surface area is 69.1 Å². The third-order valence-electron chi connectivity index (χ3n) is 1.29. The first-order valence-corrected chi connectivity index (χ1v) is 3.55. The van der Waals surface area contributed by atoms with Gasteiger partial charge in [0.1, 0.15) is 5.76 Å². The van der Waals surface area contributed by atoms with Crippen LogP contribution in [0.1, 0.15) is 5.76 Å². The van der Waals surface area contributed by atoms with E-state index in [1.54, 1.807) is 12.1 Å². The Kier molecular flexibility index (Phi) is 2.68. The van der Waals surface area contributed by atoms with Gasteiger partial charge in [0, 0.05) is 6.42 Å². The molecular weight excluding hydrogens is 166 g/mol. The van der Waals surface area contributed by atoms with Crippen LogP contribution in [0, 0.1) is 0 Å². The lowest BCUT2D eigenvalue weighted by molar-refractivity contribution is -0.112. The van der Waals surface area contributed by atoms with Crippen molar-refractivity contribution in [1.82, 2.24) is 0 Å². The van der Waals surface area contributed by atoms with Crippen molar-refractivity contribution in [2.75, 3.05) is 0 Å². The normalized spacial score (nSPS) is 12.9. The Morgan fingerprint density at radius 2 is 2.55 bits per heavy atom. The van der Waals surface area contributed by atoms with E-state index in [1.165, 1.54) is 6.26 Å². The first kappa shape index (κ1) is 8.30. The monoisotopic (exact) mass is 173 g/mol. The lowest BCUT2D eigenvalue weighted by atomic mass is 10.2. The van der Waals surface area contributed by atoms with Crippen LogP contribution in [0.25, 0.3) is 0 Å². The van der Waals surface area contributed by atoms with Gasteiger partial charge in [0.2, 0.25) is 5.24 Å². The first-order valence-electron chi connectivity index (χ1n) is 3.17. The van der Waals surface area contributed by atoms with E-state index < -0.39 is 11.3 Å². The fourth-order valence-electron chi connectivity index (χ4n) is 0.726. The second-order valence-corrected chi connectivity index (χ2v) is 2.57. The van der Waals surface area contributed by atoms with Crippen molar-refractivity contribution in [2.45, 2.75) is 12.5 Å². The van der Waals surface area contributed by atoms with Crippen LogP contribution in [-0.4, -0.2) is 11.3 Å². The highest BCUT2D eigenvalue weighted by atomic mass is 35.5. The topological polar surface area (TPSA) is 56.2 Å². The van der Waals surface area contributed by atoms with Gasteiger partial charge in [0.25, 0.3) is 0 Å². The Hall–Kier alpha value is -0.800. The maximum atomic E-state index is 10.5. The predicted octanol–water partition coefficient (Wildman–Crippen LogP) is 0.915. The number of hydrogen-bond acceptors (Lipinski definition) is 3. The van der Waals surface area contributed by atoms with Crippen molar-refractivity contribution in [3.8, 4) is 0 Å². The van der Waals surface area contributed by atoms with Crippen LogP contribution in [0.5, 0.6) is 0 Å². The lowest BCUT2D eigenvalue weighted by Gasteiger charge is -2.01. The highest BCUT2D eigenvalue weighted by Gasteiger charge is 2.11. The molecule has 1 rings (SSSR count). The largest absolute Gasteiger partial charge is 0.469 e. The zero-order chi connectivity index (χ0) is 8.27. The number of carbonyl (C=O) groups is 1. The van der Waals surface area contributed by atoms with E-state index in [0.717, 1.165) is 0 Å². The number of furan rings is 1. The Bertz CT molecular complexity index is 233. The molecule has 0 aliphatic rings. The molecule has 3 nitrogen and oxygen atoms in total. The molecule has 0 amide bonds. The predicted molar refractivity (Wildman–Crippen MR) is 41.2 cm³/mol. The van der Waals surface area contributed by atoms with Crippen LogP contribution >= 0.6 is 11.6 Å². The van der Waals surface area contributed by atoms with E-state index in [9.17, 15) is 4.79 Å². The molecule has 1 aromatic heterocycles. The van der Waals surface area contributed by atoms with Crippen LogP contribution < -0.4 is 5.73 Å². The van der Waals surface area contributed by atoms with Gasteiger partial charge < -0.3 is 10.2 Å². The third kappa shape index (κ3) is 2.37. The SMILES string of the molecule is NC(Cc1ccco1)C(=O)Cl. The van der Waals surface area contributed by atoms with E-state index in [0.29, 0.717) is 12.2 Å². The van der Waals surface area contributed by atoms with Crippen molar-refractivity contribution >= 4 is 16.8 Å². The van der Waals surface area contributed by atoms with Gasteiger partial charge in [-0.3, -0.25) is 4.79 Å². The molecule has 1 atom stereocenters. The van der Waals surface area contributed by atoms with Crippen LogP contribution in [0.2, 0.25) is 0 Å². The maximum Gasteiger partial charge on any atom is 0.238 e. The number of carbonyl (C=O) groups excluding carboxylic acids is 1. The average Bonchev–Trinajstić information content (AvgIpc) is 2.39. The molecule has 0 bridgehead atoms. The molecule has 0 saturated heterocycles. The van der Waals surface area contributed by atoms with Crippen LogP contribution in [-0.2, 0) is 11.2 Å². The van der Waals surface area contributed by atoms with Crippen molar-refractivity contribution < 1.29 is 9.21 Å². The van der Waals surface area contributed by atoms with Gasteiger partial charge in [-0.1, -0.05) is 0 Å². The molecule has 11 heavy (non-hydrogen) atoms. The smallest absolute Gasteiger partial charge is 0.238 e. The second-order valence-electron chi connectivity index (χ2n) is 2.19. The van der Waals surface area contributed by atoms with E-state index in [-0.39, 0.29) is 0 Å². The summed E-state index contributed by atoms with van der Waals surface area (Å²) >= 11 is 5.14. The number of rotatable bonds is 3. The Balaban J connectivity index is 2.50. The van der Waals surface area contributed by atoms with Crippen LogP contribution in [0.4, 0.5) is 0 Å². The summed E-state index contributed by atoms with van der Waals surface area (Å²) in [6, 6.07) is 2.82. The quantitative estimate of drug-likeness (QED) is 0.692. The minimum Gasteiger partial charge on any atom is -0.469 e. The summed E-state index contributed by atoms with van der Waals surface area (Å²) < 4.78 is 4.96. The van der Waals surface area contributed by atoms with Crippen molar-refractivity contribution in [2.24, 2.45) is 5.73 Å². The van der Waals surface area contributed by atoms with Gasteiger partial charge in [0.05, 0.1) is 12.3 Å². The van der Waals surface area contributed by atoms with Gasteiger partial charge >= 0.3 is 0 Å². The average molecular weight is 174 g/mol. The molecule has 1 aromatic rings. The molecule has 0 spiro atoms. The van der Waals surface area contributed by atoms with Crippen molar-refractivity contribution in [3.05, 3.63) is 24.2 Å². The summed E-state index contributed by atoms with van der Waals surface area (Å²) in [6.07, 6.45) is 1.89. The fraction of sp³-hybridized carbons (Fsp3) is 0.286. The number of nitrogens with two attached hydrogens (primary N) is 1. The maximum absolute atomic E-state index is 10.5. The zero-order valence-corrected chi connectivity index (χ0v) is 6.54. The number of halogens is 1. The molecule has 60 valence electrons. The van der Waals surface area contributed by atoms with Gasteiger partial charge in [-0.25, -0.2) is 0 Å². The summed E-state index contributed by atoms with van der Waals surface area (Å²) in [4.78, 5) is 10.5. The molecule has 0 aromatic carbocycles. The summed E-state index contributed by atoms with van der Waals surface area (Å²) in [7, 11) is 0. The number of hydrogen-bond donors (Lipinski definition) is 1. The highest BCUT2D eigenvalue weighted by Crippen LogP contribution is 2.04. The van der Waals surface area contributed by atoms with Crippen molar-refractivity contribution in [3.63, 3.8) is 0 Å². The van der Waals surface area contributed by atoms with E-state index in [1.807, 2.05) is 0 Å². The summed E-state index contributed by atoms with van der Waals surface area (Å²) in [5.74, 6) is 0.673. The van der Waals surface area contributed by atoms with Gasteiger partial charge in [0.15, 0.2) is 0 Å². The van der Waals surface area contributed by atoms with Crippen molar-refractivity contribution in [1.29, 1.82) is 0 Å². The Morgan fingerprint density at radius 3 is 3.00 bits per heavy atom. The Morgan fingerprint density at radius 1 is 1.82 bits per heavy atom. The molecule has 0 aliphatic carbocycles. The summed E-state index contributed by atoms with van der Waals surface area (Å²) in [5, 5.41) is -0.540. The minimum atomic E-state index is -0.664. The second kappa shape index (κ2) is 3.55. The molecule has 2 N–H and O–H groups in total. The van der Waals surface area contributed by atoms with Gasteiger partial charge in [-0.2, -0.15) is 0 Å². The van der Waals surface area contributed by atoms with E-state index >= 15 is 0 Å². The molecule has 0 fully saturated rings. The summed E-state index contributed by atoms with van der Waals surface area (Å²) in [6.45, 7) is 0. The van der Waals surface area contributed by atoms with E-state index in [4.69, 9.17) is 21.8 Å². The lowest BCUT2D eigenvalue weighted by Crippen LogP contribution is -2.28. The highest BCUT2D eigenvalue weighted by molar-refractivity contribution is 6.64. The third-order valence-corrected chi connectivity index (χ3v) is 1.57. The van der Waals surface area contributed by atoms with Gasteiger partial charge in [-0.15, -0.1) is 0 Å². The molecule has 1 heterocycles. The van der Waals surface area contributed by atoms with Crippen LogP contribution in [0.15, 0.2) is 22.8 Å². The molecule has 0 aliphatic heterocycles. The minimum absolute atomic E-state index is 0.356.